The molecule has 1 aromatic heterocycles. The first-order chi connectivity index (χ1) is 11.2. The first-order valence-electron chi connectivity index (χ1n) is 7.66. The Morgan fingerprint density at radius 1 is 1.30 bits per heavy atom. The van der Waals surface area contributed by atoms with Crippen LogP contribution in [0.25, 0.3) is 0 Å². The van der Waals surface area contributed by atoms with E-state index in [1.165, 1.54) is 22.9 Å². The number of thioether (sulfide) groups is 2. The minimum absolute atomic E-state index is 0.132. The quantitative estimate of drug-likeness (QED) is 0.756. The van der Waals surface area contributed by atoms with E-state index in [2.05, 4.69) is 35.3 Å². The van der Waals surface area contributed by atoms with E-state index in [1.54, 1.807) is 23.1 Å². The van der Waals surface area contributed by atoms with Crippen molar-refractivity contribution in [2.75, 3.05) is 12.3 Å². The average Bonchev–Trinajstić information content (AvgIpc) is 3.01. The average molecular weight is 366 g/mol. The molecule has 4 nitrogen and oxygen atoms in total. The van der Waals surface area contributed by atoms with Gasteiger partial charge in [0.1, 0.15) is 0 Å². The Morgan fingerprint density at radius 2 is 2.04 bits per heavy atom. The summed E-state index contributed by atoms with van der Waals surface area (Å²) in [6, 6.07) is 8.38. The fraction of sp³-hybridized carbons (Fsp3) is 0.438. The van der Waals surface area contributed by atoms with Crippen LogP contribution in [0.3, 0.4) is 0 Å². The lowest BCUT2D eigenvalue weighted by atomic mass is 10.00. The number of benzene rings is 1. The fourth-order valence-corrected chi connectivity index (χ4v) is 5.71. The monoisotopic (exact) mass is 365 g/mol. The third-order valence-electron chi connectivity index (χ3n) is 3.72. The van der Waals surface area contributed by atoms with Crippen molar-refractivity contribution < 1.29 is 4.79 Å². The van der Waals surface area contributed by atoms with Crippen molar-refractivity contribution in [2.45, 2.75) is 40.7 Å². The number of nitrogens with zero attached hydrogens (tertiary/aromatic N) is 3. The van der Waals surface area contributed by atoms with E-state index >= 15 is 0 Å². The molecule has 1 amide bonds. The van der Waals surface area contributed by atoms with Gasteiger partial charge in [0, 0.05) is 13.1 Å². The summed E-state index contributed by atoms with van der Waals surface area (Å²) in [4.78, 5) is 14.7. The number of rotatable bonds is 5. The molecule has 7 heteroatoms. The van der Waals surface area contributed by atoms with Gasteiger partial charge >= 0.3 is 0 Å². The highest BCUT2D eigenvalue weighted by molar-refractivity contribution is 8.03. The topological polar surface area (TPSA) is 46.1 Å². The molecule has 1 atom stereocenters. The fourth-order valence-electron chi connectivity index (χ4n) is 2.57. The molecule has 0 N–H and O–H groups in total. The molecule has 0 saturated carbocycles. The third-order valence-corrected chi connectivity index (χ3v) is 6.83. The summed E-state index contributed by atoms with van der Waals surface area (Å²) in [5.74, 6) is 1.17. The summed E-state index contributed by atoms with van der Waals surface area (Å²) in [6.45, 7) is 5.57. The number of carbonyl (C=O) groups is 1. The van der Waals surface area contributed by atoms with Gasteiger partial charge in [0.15, 0.2) is 8.68 Å². The molecule has 0 saturated heterocycles. The largest absolute Gasteiger partial charge is 0.337 e. The minimum atomic E-state index is -0.132. The lowest BCUT2D eigenvalue weighted by Gasteiger charge is -2.30. The van der Waals surface area contributed by atoms with Gasteiger partial charge in [-0.1, -0.05) is 66.0 Å². The zero-order chi connectivity index (χ0) is 16.2. The lowest BCUT2D eigenvalue weighted by molar-refractivity contribution is -0.131. The number of fused-ring (bicyclic) bond motifs is 1. The number of hydrogen-bond donors (Lipinski definition) is 0. The van der Waals surface area contributed by atoms with Crippen LogP contribution in [-0.2, 0) is 17.8 Å². The smallest absolute Gasteiger partial charge is 0.236 e. The molecule has 1 aliphatic heterocycles. The van der Waals surface area contributed by atoms with E-state index in [1.807, 2.05) is 17.9 Å². The molecule has 0 bridgehead atoms. The zero-order valence-electron chi connectivity index (χ0n) is 13.2. The van der Waals surface area contributed by atoms with E-state index in [4.69, 9.17) is 0 Å². The molecule has 1 aliphatic rings. The summed E-state index contributed by atoms with van der Waals surface area (Å²) >= 11 is 4.77. The molecule has 1 aromatic carbocycles. The molecule has 1 unspecified atom stereocenters. The highest BCUT2D eigenvalue weighted by Crippen LogP contribution is 2.32. The van der Waals surface area contributed by atoms with Gasteiger partial charge in [-0.3, -0.25) is 4.79 Å². The van der Waals surface area contributed by atoms with Crippen LogP contribution < -0.4 is 0 Å². The Kier molecular flexibility index (Phi) is 5.61. The number of amides is 1. The second kappa shape index (κ2) is 7.68. The van der Waals surface area contributed by atoms with Gasteiger partial charge in [0.25, 0.3) is 0 Å². The van der Waals surface area contributed by atoms with Crippen LogP contribution >= 0.6 is 34.9 Å². The molecule has 2 aromatic rings. The van der Waals surface area contributed by atoms with E-state index in [0.29, 0.717) is 6.54 Å². The van der Waals surface area contributed by atoms with E-state index in [0.717, 1.165) is 27.4 Å². The molecular weight excluding hydrogens is 346 g/mol. The summed E-state index contributed by atoms with van der Waals surface area (Å²) in [7, 11) is 0. The molecule has 122 valence electrons. The maximum Gasteiger partial charge on any atom is 0.236 e. The molecule has 2 heterocycles. The van der Waals surface area contributed by atoms with Gasteiger partial charge in [-0.25, -0.2) is 0 Å². The third kappa shape index (κ3) is 4.08. The van der Waals surface area contributed by atoms with E-state index < -0.39 is 0 Å². The summed E-state index contributed by atoms with van der Waals surface area (Å²) in [5, 5.41) is 8.19. The molecule has 0 aliphatic carbocycles. The molecule has 23 heavy (non-hydrogen) atoms. The van der Waals surface area contributed by atoms with Crippen molar-refractivity contribution in [3.63, 3.8) is 0 Å². The first kappa shape index (κ1) is 16.8. The van der Waals surface area contributed by atoms with E-state index in [9.17, 15) is 4.79 Å². The summed E-state index contributed by atoms with van der Waals surface area (Å²) < 4.78 is 1.85. The van der Waals surface area contributed by atoms with Crippen molar-refractivity contribution in [3.8, 4) is 0 Å². The number of carbonyl (C=O) groups excluding carboxylic acids is 1. The second-order valence-electron chi connectivity index (χ2n) is 5.31. The van der Waals surface area contributed by atoms with Crippen LogP contribution in [0.1, 0.15) is 25.0 Å². The van der Waals surface area contributed by atoms with Crippen LogP contribution in [0, 0.1) is 0 Å². The zero-order valence-corrected chi connectivity index (χ0v) is 15.6. The van der Waals surface area contributed by atoms with Crippen molar-refractivity contribution in [3.05, 3.63) is 35.4 Å². The van der Waals surface area contributed by atoms with Crippen LogP contribution in [-0.4, -0.2) is 38.6 Å². The Labute approximate surface area is 149 Å². The highest BCUT2D eigenvalue weighted by atomic mass is 32.2. The van der Waals surface area contributed by atoms with Gasteiger partial charge < -0.3 is 4.90 Å². The van der Waals surface area contributed by atoms with Crippen LogP contribution in [0.5, 0.6) is 0 Å². The van der Waals surface area contributed by atoms with Gasteiger partial charge in [0.2, 0.25) is 5.91 Å². The molecule has 0 radical (unpaired) electrons. The maximum absolute atomic E-state index is 12.7. The van der Waals surface area contributed by atoms with Crippen LogP contribution in [0.4, 0.5) is 0 Å². The van der Waals surface area contributed by atoms with Crippen molar-refractivity contribution in [1.29, 1.82) is 0 Å². The normalized spacial score (nSPS) is 15.3. The van der Waals surface area contributed by atoms with Gasteiger partial charge in [0.05, 0.1) is 5.25 Å². The highest BCUT2D eigenvalue weighted by Gasteiger charge is 2.26. The van der Waals surface area contributed by atoms with Gasteiger partial charge in [-0.2, -0.15) is 0 Å². The maximum atomic E-state index is 12.7. The molecule has 0 fully saturated rings. The first-order valence-corrected chi connectivity index (χ1v) is 10.3. The van der Waals surface area contributed by atoms with Crippen LogP contribution in [0.15, 0.2) is 32.9 Å². The lowest BCUT2D eigenvalue weighted by Crippen LogP contribution is -2.40. The summed E-state index contributed by atoms with van der Waals surface area (Å²) in [5.41, 5.74) is 2.63. The molecule has 3 rings (SSSR count). The number of hydrogen-bond acceptors (Lipinski definition) is 6. The van der Waals surface area contributed by atoms with Gasteiger partial charge in [-0.05, 0) is 30.2 Å². The summed E-state index contributed by atoms with van der Waals surface area (Å²) in [6.07, 6.45) is 0.940. The Bertz CT molecular complexity index is 689. The van der Waals surface area contributed by atoms with Crippen molar-refractivity contribution in [2.24, 2.45) is 0 Å². The predicted molar refractivity (Wildman–Crippen MR) is 97.2 cm³/mol. The molecular formula is C16H19N3OS3. The van der Waals surface area contributed by atoms with Crippen molar-refractivity contribution in [1.82, 2.24) is 15.1 Å². The number of aromatic nitrogens is 2. The Morgan fingerprint density at radius 3 is 2.83 bits per heavy atom. The van der Waals surface area contributed by atoms with E-state index in [-0.39, 0.29) is 11.2 Å². The predicted octanol–water partition coefficient (Wildman–Crippen LogP) is 3.72. The standard InChI is InChI=1S/C16H19N3OS3/c1-3-21-15-17-18-16(23-15)22-11(2)14(20)19-9-8-12-6-4-5-7-13(12)10-19/h4-7,11H,3,8-10H2,1-2H3. The Balaban J connectivity index is 1.61. The SMILES string of the molecule is CCSc1nnc(SC(C)C(=O)N2CCc3ccccc3C2)s1. The minimum Gasteiger partial charge on any atom is -0.337 e. The second-order valence-corrected chi connectivity index (χ2v) is 9.38. The van der Waals surface area contributed by atoms with Gasteiger partial charge in [-0.15, -0.1) is 10.2 Å². The van der Waals surface area contributed by atoms with Crippen molar-refractivity contribution >= 4 is 40.8 Å². The van der Waals surface area contributed by atoms with Crippen LogP contribution in [0.2, 0.25) is 0 Å². The molecule has 0 spiro atoms. The Hall–Kier alpha value is -1.05.